The summed E-state index contributed by atoms with van der Waals surface area (Å²) in [7, 11) is 1.56. The first kappa shape index (κ1) is 21.8. The van der Waals surface area contributed by atoms with Gasteiger partial charge in [-0.2, -0.15) is 4.98 Å². The smallest absolute Gasteiger partial charge is 0.253 e. The Hall–Kier alpha value is -3.91. The molecule has 0 aliphatic rings. The van der Waals surface area contributed by atoms with Crippen LogP contribution < -0.4 is 21.3 Å². The number of hydrogen-bond acceptors (Lipinski definition) is 6. The van der Waals surface area contributed by atoms with Gasteiger partial charge in [0.25, 0.3) is 5.91 Å². The molecule has 2 amide bonds. The SMILES string of the molecule is C=CC(=O)Nc1ccc(C)c(Nc2ncc(Cl)c(Nc3ccccc3C(=O)NC)n2)c1. The highest BCUT2D eigenvalue weighted by Gasteiger charge is 2.13. The Balaban J connectivity index is 1.88. The second kappa shape index (κ2) is 9.73. The molecule has 31 heavy (non-hydrogen) atoms. The molecule has 2 aromatic carbocycles. The van der Waals surface area contributed by atoms with Crippen LogP contribution in [0.1, 0.15) is 15.9 Å². The minimum atomic E-state index is -0.307. The van der Waals surface area contributed by atoms with Gasteiger partial charge in [0.15, 0.2) is 5.82 Å². The summed E-state index contributed by atoms with van der Waals surface area (Å²) >= 11 is 6.27. The Bertz CT molecular complexity index is 1150. The van der Waals surface area contributed by atoms with Gasteiger partial charge in [-0.1, -0.05) is 36.4 Å². The van der Waals surface area contributed by atoms with Crippen LogP contribution in [0.2, 0.25) is 5.02 Å². The minimum absolute atomic E-state index is 0.236. The van der Waals surface area contributed by atoms with Crippen LogP contribution in [0.15, 0.2) is 61.3 Å². The highest BCUT2D eigenvalue weighted by molar-refractivity contribution is 6.33. The fourth-order valence-corrected chi connectivity index (χ4v) is 2.85. The number of hydrogen-bond donors (Lipinski definition) is 4. The maximum Gasteiger partial charge on any atom is 0.253 e. The van der Waals surface area contributed by atoms with E-state index >= 15 is 0 Å². The van der Waals surface area contributed by atoms with Crippen molar-refractivity contribution in [2.75, 3.05) is 23.0 Å². The highest BCUT2D eigenvalue weighted by Crippen LogP contribution is 2.28. The number of benzene rings is 2. The molecule has 0 aliphatic heterocycles. The molecule has 3 rings (SSSR count). The van der Waals surface area contributed by atoms with Crippen molar-refractivity contribution < 1.29 is 9.59 Å². The van der Waals surface area contributed by atoms with Crippen LogP contribution in [-0.4, -0.2) is 28.8 Å². The summed E-state index contributed by atoms with van der Waals surface area (Å²) in [6.45, 7) is 5.36. The van der Waals surface area contributed by atoms with Gasteiger partial charge in [0, 0.05) is 18.4 Å². The zero-order valence-corrected chi connectivity index (χ0v) is 17.7. The predicted molar refractivity (Wildman–Crippen MR) is 123 cm³/mol. The Morgan fingerprint density at radius 1 is 1.10 bits per heavy atom. The number of rotatable bonds is 7. The molecule has 9 heteroatoms. The maximum absolute atomic E-state index is 12.1. The van der Waals surface area contributed by atoms with Gasteiger partial charge in [-0.05, 0) is 42.8 Å². The molecule has 0 fully saturated rings. The quantitative estimate of drug-likeness (QED) is 0.408. The zero-order valence-electron chi connectivity index (χ0n) is 17.0. The molecule has 0 unspecified atom stereocenters. The molecule has 4 N–H and O–H groups in total. The monoisotopic (exact) mass is 436 g/mol. The molecule has 1 aromatic heterocycles. The third-order valence-corrected chi connectivity index (χ3v) is 4.61. The number of carbonyl (C=O) groups is 2. The van der Waals surface area contributed by atoms with Crippen LogP contribution in [0.5, 0.6) is 0 Å². The molecule has 3 aromatic rings. The second-order valence-electron chi connectivity index (χ2n) is 6.49. The summed E-state index contributed by atoms with van der Waals surface area (Å²) < 4.78 is 0. The number of para-hydroxylation sites is 1. The summed E-state index contributed by atoms with van der Waals surface area (Å²) in [5.74, 6) is 0.0864. The number of halogens is 1. The molecule has 0 bridgehead atoms. The van der Waals surface area contributed by atoms with Crippen molar-refractivity contribution in [3.8, 4) is 0 Å². The summed E-state index contributed by atoms with van der Waals surface area (Å²) in [5.41, 5.74) is 3.25. The maximum atomic E-state index is 12.1. The van der Waals surface area contributed by atoms with Gasteiger partial charge in [-0.15, -0.1) is 0 Å². The average molecular weight is 437 g/mol. The number of aryl methyl sites for hydroxylation is 1. The van der Waals surface area contributed by atoms with E-state index in [1.165, 1.54) is 12.3 Å². The van der Waals surface area contributed by atoms with Gasteiger partial charge in [-0.25, -0.2) is 4.98 Å². The largest absolute Gasteiger partial charge is 0.355 e. The van der Waals surface area contributed by atoms with E-state index < -0.39 is 0 Å². The van der Waals surface area contributed by atoms with Crippen molar-refractivity contribution in [2.24, 2.45) is 0 Å². The number of amides is 2. The van der Waals surface area contributed by atoms with E-state index in [9.17, 15) is 9.59 Å². The minimum Gasteiger partial charge on any atom is -0.355 e. The first-order valence-corrected chi connectivity index (χ1v) is 9.71. The Morgan fingerprint density at radius 3 is 2.61 bits per heavy atom. The number of carbonyl (C=O) groups excluding carboxylic acids is 2. The first-order valence-electron chi connectivity index (χ1n) is 9.33. The lowest BCUT2D eigenvalue weighted by molar-refractivity contribution is -0.111. The van der Waals surface area contributed by atoms with Crippen molar-refractivity contribution >= 4 is 52.2 Å². The van der Waals surface area contributed by atoms with Gasteiger partial charge in [-0.3, -0.25) is 9.59 Å². The van der Waals surface area contributed by atoms with Crippen LogP contribution >= 0.6 is 11.6 Å². The lowest BCUT2D eigenvalue weighted by Gasteiger charge is -2.14. The number of nitrogens with one attached hydrogen (secondary N) is 4. The lowest BCUT2D eigenvalue weighted by Crippen LogP contribution is -2.19. The van der Waals surface area contributed by atoms with E-state index in [1.54, 1.807) is 43.4 Å². The fraction of sp³-hybridized carbons (Fsp3) is 0.0909. The summed E-state index contributed by atoms with van der Waals surface area (Å²) in [5, 5.41) is 11.8. The van der Waals surface area contributed by atoms with Crippen molar-refractivity contribution in [1.82, 2.24) is 15.3 Å². The molecule has 158 valence electrons. The third-order valence-electron chi connectivity index (χ3n) is 4.33. The number of anilines is 5. The van der Waals surface area contributed by atoms with Gasteiger partial charge in [0.2, 0.25) is 11.9 Å². The third kappa shape index (κ3) is 5.37. The normalized spacial score (nSPS) is 10.2. The molecule has 0 aliphatic carbocycles. The van der Waals surface area contributed by atoms with Crippen LogP contribution in [0.3, 0.4) is 0 Å². The fourth-order valence-electron chi connectivity index (χ4n) is 2.72. The molecular formula is C22H21ClN6O2. The molecule has 1 heterocycles. The molecule has 0 spiro atoms. The average Bonchev–Trinajstić information content (AvgIpc) is 2.78. The summed E-state index contributed by atoms with van der Waals surface area (Å²) in [6, 6.07) is 12.4. The van der Waals surface area contributed by atoms with Crippen LogP contribution in [0.4, 0.5) is 28.8 Å². The lowest BCUT2D eigenvalue weighted by atomic mass is 10.1. The van der Waals surface area contributed by atoms with E-state index in [2.05, 4.69) is 37.8 Å². The summed E-state index contributed by atoms with van der Waals surface area (Å²) in [6.07, 6.45) is 2.66. The number of nitrogens with zero attached hydrogens (tertiary/aromatic N) is 2. The summed E-state index contributed by atoms with van der Waals surface area (Å²) in [4.78, 5) is 32.3. The van der Waals surface area contributed by atoms with E-state index in [0.29, 0.717) is 39.4 Å². The van der Waals surface area contributed by atoms with Gasteiger partial charge < -0.3 is 21.3 Å². The standard InChI is InChI=1S/C22H21ClN6O2/c1-4-19(30)26-14-10-9-13(2)18(11-14)28-22-25-12-16(23)20(29-22)27-17-8-6-5-7-15(17)21(31)24-3/h4-12H,1H2,2-3H3,(H,24,31)(H,26,30)(H2,25,27,28,29). The van der Waals surface area contributed by atoms with Gasteiger partial charge >= 0.3 is 0 Å². The van der Waals surface area contributed by atoms with Gasteiger partial charge in [0.1, 0.15) is 5.02 Å². The molecule has 0 atom stereocenters. The topological polar surface area (TPSA) is 108 Å². The number of aromatic nitrogens is 2. The molecule has 8 nitrogen and oxygen atoms in total. The Labute approximate surface area is 184 Å². The Morgan fingerprint density at radius 2 is 1.87 bits per heavy atom. The molecule has 0 saturated heterocycles. The van der Waals surface area contributed by atoms with Crippen LogP contribution in [0, 0.1) is 6.92 Å². The van der Waals surface area contributed by atoms with Crippen LogP contribution in [0.25, 0.3) is 0 Å². The van der Waals surface area contributed by atoms with E-state index in [1.807, 2.05) is 13.0 Å². The molecule has 0 radical (unpaired) electrons. The van der Waals surface area contributed by atoms with Gasteiger partial charge in [0.05, 0.1) is 17.4 Å². The van der Waals surface area contributed by atoms with E-state index in [-0.39, 0.29) is 11.8 Å². The predicted octanol–water partition coefficient (Wildman–Crippen LogP) is 4.41. The second-order valence-corrected chi connectivity index (χ2v) is 6.90. The van der Waals surface area contributed by atoms with E-state index in [0.717, 1.165) is 5.56 Å². The van der Waals surface area contributed by atoms with Crippen LogP contribution in [-0.2, 0) is 4.79 Å². The zero-order chi connectivity index (χ0) is 22.4. The highest BCUT2D eigenvalue weighted by atomic mass is 35.5. The van der Waals surface area contributed by atoms with Crippen molar-refractivity contribution in [1.29, 1.82) is 0 Å². The molecule has 0 saturated carbocycles. The molecular weight excluding hydrogens is 416 g/mol. The van der Waals surface area contributed by atoms with E-state index in [4.69, 9.17) is 11.6 Å². The van der Waals surface area contributed by atoms with Crippen molar-refractivity contribution in [2.45, 2.75) is 6.92 Å². The first-order chi connectivity index (χ1) is 14.9. The van der Waals surface area contributed by atoms with Crippen molar-refractivity contribution in [3.63, 3.8) is 0 Å². The Kier molecular flexibility index (Phi) is 6.84. The van der Waals surface area contributed by atoms with Crippen molar-refractivity contribution in [3.05, 3.63) is 77.5 Å².